The summed E-state index contributed by atoms with van der Waals surface area (Å²) in [5.74, 6) is -0.607. The number of aliphatic hydroxyl groups is 1. The molecule has 5 heteroatoms. The van der Waals surface area contributed by atoms with Crippen molar-refractivity contribution in [1.82, 2.24) is 0 Å². The molecule has 0 aromatic rings. The molecule has 76 heavy (non-hydrogen) atoms. The predicted molar refractivity (Wildman–Crippen MR) is 334 cm³/mol. The third-order valence-electron chi connectivity index (χ3n) is 13.8. The van der Waals surface area contributed by atoms with Crippen molar-refractivity contribution in [3.63, 3.8) is 0 Å². The minimum Gasteiger partial charge on any atom is -0.462 e. The summed E-state index contributed by atoms with van der Waals surface area (Å²) in [5, 5.41) is 9.67. The van der Waals surface area contributed by atoms with Crippen molar-refractivity contribution < 1.29 is 24.2 Å². The van der Waals surface area contributed by atoms with Crippen LogP contribution in [0, 0.1) is 0 Å². The Kier molecular flexibility index (Phi) is 62.4. The van der Waals surface area contributed by atoms with Crippen molar-refractivity contribution in [3.05, 3.63) is 122 Å². The van der Waals surface area contributed by atoms with E-state index in [0.29, 0.717) is 12.8 Å². The van der Waals surface area contributed by atoms with Crippen LogP contribution in [0.3, 0.4) is 0 Å². The lowest BCUT2D eigenvalue weighted by atomic mass is 10.0. The van der Waals surface area contributed by atoms with Crippen LogP contribution in [0.15, 0.2) is 122 Å². The molecule has 5 nitrogen and oxygen atoms in total. The summed E-state index contributed by atoms with van der Waals surface area (Å²) in [4.78, 5) is 24.6. The van der Waals surface area contributed by atoms with Crippen LogP contribution in [0.4, 0.5) is 0 Å². The number of hydrogen-bond acceptors (Lipinski definition) is 5. The van der Waals surface area contributed by atoms with Crippen LogP contribution in [0.2, 0.25) is 0 Å². The molecule has 0 aliphatic carbocycles. The number of unbranched alkanes of at least 4 members (excludes halogenated alkanes) is 30. The fourth-order valence-corrected chi connectivity index (χ4v) is 9.02. The van der Waals surface area contributed by atoms with Crippen molar-refractivity contribution in [2.75, 3.05) is 13.2 Å². The Morgan fingerprint density at radius 2 is 0.526 bits per heavy atom. The highest BCUT2D eigenvalue weighted by molar-refractivity contribution is 5.70. The Morgan fingerprint density at radius 3 is 0.789 bits per heavy atom. The molecule has 0 aromatic heterocycles. The Hall–Kier alpha value is -3.70. The fourth-order valence-electron chi connectivity index (χ4n) is 9.02. The molecule has 0 radical (unpaired) electrons. The zero-order valence-corrected chi connectivity index (χ0v) is 49.7. The van der Waals surface area contributed by atoms with Gasteiger partial charge in [0.2, 0.25) is 0 Å². The van der Waals surface area contributed by atoms with E-state index in [1.54, 1.807) is 0 Å². The van der Waals surface area contributed by atoms with Gasteiger partial charge in [-0.25, -0.2) is 0 Å². The topological polar surface area (TPSA) is 72.8 Å². The lowest BCUT2D eigenvalue weighted by molar-refractivity contribution is -0.161. The molecule has 0 bridgehead atoms. The van der Waals surface area contributed by atoms with Crippen LogP contribution < -0.4 is 0 Å². The average molecular weight is 1050 g/mol. The van der Waals surface area contributed by atoms with Crippen molar-refractivity contribution in [3.8, 4) is 0 Å². The first kappa shape index (κ1) is 72.3. The van der Waals surface area contributed by atoms with Gasteiger partial charge in [0.1, 0.15) is 6.61 Å². The minimum absolute atomic E-state index is 0.0788. The summed E-state index contributed by atoms with van der Waals surface area (Å²) >= 11 is 0. The minimum atomic E-state index is -0.786. The first-order valence-electron chi connectivity index (χ1n) is 32.1. The molecule has 0 saturated carbocycles. The van der Waals surface area contributed by atoms with E-state index in [2.05, 4.69) is 135 Å². The summed E-state index contributed by atoms with van der Waals surface area (Å²) in [6, 6.07) is 0. The highest BCUT2D eigenvalue weighted by Crippen LogP contribution is 2.17. The Balaban J connectivity index is 3.45. The molecular formula is C71H120O5. The largest absolute Gasteiger partial charge is 0.462 e. The summed E-state index contributed by atoms with van der Waals surface area (Å²) in [7, 11) is 0. The SMILES string of the molecule is CC/C=C\C/C=C\C/C=C\C/C=C\C/C=C\CCCCCCCCCCCCCCCCCCCCCCCCCCCC(=O)OC(CO)COC(=O)CCCCCCC/C=C\C/C=C\C/C=C\C/C=C\C/C=C\CC. The molecule has 1 unspecified atom stereocenters. The molecule has 0 amide bonds. The van der Waals surface area contributed by atoms with Gasteiger partial charge in [0.15, 0.2) is 6.10 Å². The lowest BCUT2D eigenvalue weighted by Gasteiger charge is -2.15. The van der Waals surface area contributed by atoms with Gasteiger partial charge in [0.25, 0.3) is 0 Å². The molecule has 0 aromatic carbocycles. The molecule has 1 N–H and O–H groups in total. The van der Waals surface area contributed by atoms with Crippen LogP contribution in [0.25, 0.3) is 0 Å². The number of ether oxygens (including phenoxy) is 2. The van der Waals surface area contributed by atoms with Gasteiger partial charge in [-0.2, -0.15) is 0 Å². The third kappa shape index (κ3) is 62.8. The normalized spacial score (nSPS) is 13.0. The quantitative estimate of drug-likeness (QED) is 0.0373. The first-order chi connectivity index (χ1) is 37.6. The van der Waals surface area contributed by atoms with Gasteiger partial charge >= 0.3 is 11.9 Å². The number of esters is 2. The molecule has 1 atom stereocenters. The molecule has 0 rings (SSSR count). The van der Waals surface area contributed by atoms with Gasteiger partial charge in [0, 0.05) is 12.8 Å². The van der Waals surface area contributed by atoms with Gasteiger partial charge in [-0.15, -0.1) is 0 Å². The number of carbonyl (C=O) groups is 2. The van der Waals surface area contributed by atoms with Crippen molar-refractivity contribution in [2.24, 2.45) is 0 Å². The van der Waals surface area contributed by atoms with E-state index in [1.807, 2.05) is 0 Å². The summed E-state index contributed by atoms with van der Waals surface area (Å²) < 4.78 is 10.7. The summed E-state index contributed by atoms with van der Waals surface area (Å²) in [6.45, 7) is 3.91. The number of aliphatic hydroxyl groups excluding tert-OH is 1. The number of carbonyl (C=O) groups excluding carboxylic acids is 2. The second-order valence-corrected chi connectivity index (χ2v) is 21.1. The average Bonchev–Trinajstić information content (AvgIpc) is 3.42. The molecule has 0 aliphatic rings. The van der Waals surface area contributed by atoms with Gasteiger partial charge < -0.3 is 14.6 Å². The molecule has 0 spiro atoms. The molecule has 0 heterocycles. The maximum atomic E-state index is 12.3. The molecule has 0 saturated heterocycles. The van der Waals surface area contributed by atoms with E-state index < -0.39 is 6.10 Å². The van der Waals surface area contributed by atoms with Gasteiger partial charge in [-0.1, -0.05) is 302 Å². The summed E-state index contributed by atoms with van der Waals surface area (Å²) in [6.07, 6.45) is 96.4. The van der Waals surface area contributed by atoms with Crippen molar-refractivity contribution in [2.45, 2.75) is 302 Å². The van der Waals surface area contributed by atoms with E-state index in [0.717, 1.165) is 122 Å². The second-order valence-electron chi connectivity index (χ2n) is 21.1. The van der Waals surface area contributed by atoms with Crippen LogP contribution in [-0.4, -0.2) is 36.4 Å². The molecular weight excluding hydrogens is 933 g/mol. The molecule has 0 fully saturated rings. The van der Waals surface area contributed by atoms with E-state index in [4.69, 9.17) is 9.47 Å². The van der Waals surface area contributed by atoms with E-state index in [-0.39, 0.29) is 25.2 Å². The van der Waals surface area contributed by atoms with Crippen LogP contribution >= 0.6 is 0 Å². The first-order valence-corrected chi connectivity index (χ1v) is 32.1. The van der Waals surface area contributed by atoms with Gasteiger partial charge in [-0.05, 0) is 103 Å². The monoisotopic (exact) mass is 1050 g/mol. The van der Waals surface area contributed by atoms with Crippen LogP contribution in [-0.2, 0) is 19.1 Å². The van der Waals surface area contributed by atoms with Crippen LogP contribution in [0.5, 0.6) is 0 Å². The van der Waals surface area contributed by atoms with Crippen molar-refractivity contribution >= 4 is 11.9 Å². The lowest BCUT2D eigenvalue weighted by Crippen LogP contribution is -2.28. The van der Waals surface area contributed by atoms with Gasteiger partial charge in [0.05, 0.1) is 6.61 Å². The zero-order chi connectivity index (χ0) is 54.8. The molecule has 0 aliphatic heterocycles. The maximum absolute atomic E-state index is 12.3. The highest BCUT2D eigenvalue weighted by Gasteiger charge is 2.16. The maximum Gasteiger partial charge on any atom is 0.306 e. The Bertz CT molecular complexity index is 1520. The third-order valence-corrected chi connectivity index (χ3v) is 13.8. The predicted octanol–water partition coefficient (Wildman–Crippen LogP) is 22.2. The Morgan fingerprint density at radius 1 is 0.303 bits per heavy atom. The Labute approximate surface area is 471 Å². The standard InChI is InChI=1S/C71H120O5/c1-3-5-7-9-11-13-15-17-19-21-23-25-26-27-28-29-30-31-32-33-34-35-36-37-38-39-40-41-42-43-44-46-48-50-52-54-56-58-60-62-64-66-71(74)76-69(67-72)68-75-70(73)65-63-61-59-57-55-53-51-49-47-45-24-22-20-18-16-14-12-10-8-6-4-2/h5-8,11-14,17-20,23-25,27-28,45,49,51,69,72H,3-4,9-10,15-16,21-22,26,29-44,46-48,50,52-68H2,1-2H3/b7-5-,8-6-,13-11-,14-12-,19-17-,20-18-,25-23-,28-27-,45-24-,51-49-. The highest BCUT2D eigenvalue weighted by atomic mass is 16.6. The fraction of sp³-hybridized carbons (Fsp3) is 0.690. The second kappa shape index (κ2) is 65.6. The van der Waals surface area contributed by atoms with E-state index in [9.17, 15) is 14.7 Å². The smallest absolute Gasteiger partial charge is 0.306 e. The van der Waals surface area contributed by atoms with Gasteiger partial charge in [-0.3, -0.25) is 9.59 Å². The number of hydrogen-bond donors (Lipinski definition) is 1. The zero-order valence-electron chi connectivity index (χ0n) is 49.7. The summed E-state index contributed by atoms with van der Waals surface area (Å²) in [5.41, 5.74) is 0. The van der Waals surface area contributed by atoms with Crippen LogP contribution in [0.1, 0.15) is 296 Å². The van der Waals surface area contributed by atoms with E-state index >= 15 is 0 Å². The number of rotatable bonds is 58. The van der Waals surface area contributed by atoms with Crippen molar-refractivity contribution in [1.29, 1.82) is 0 Å². The number of allylic oxidation sites excluding steroid dienone is 20. The molecule has 434 valence electrons. The van der Waals surface area contributed by atoms with E-state index in [1.165, 1.54) is 148 Å².